The van der Waals surface area contributed by atoms with Crippen LogP contribution in [0.4, 0.5) is 10.1 Å². The molecule has 2 aliphatic heterocycles. The van der Waals surface area contributed by atoms with Crippen molar-refractivity contribution in [2.75, 3.05) is 38.0 Å². The third-order valence-electron chi connectivity index (χ3n) is 9.48. The van der Waals surface area contributed by atoms with Crippen LogP contribution in [0.1, 0.15) is 43.2 Å². The van der Waals surface area contributed by atoms with Crippen LogP contribution >= 0.6 is 0 Å². The van der Waals surface area contributed by atoms with Crippen molar-refractivity contribution in [3.8, 4) is 5.75 Å². The summed E-state index contributed by atoms with van der Waals surface area (Å²) >= 11 is 0. The number of aromatic hydroxyl groups is 1. The number of fused-ring (bicyclic) bond motifs is 3. The maximum absolute atomic E-state index is 15.5. The number of Topliss-reactive ketones (excluding diaryl/α,β-unsaturated/α-hetero) is 2. The number of carbonyl (C=O) groups excluding carboxylic acids is 4. The van der Waals surface area contributed by atoms with E-state index in [1.807, 2.05) is 4.90 Å². The van der Waals surface area contributed by atoms with Crippen molar-refractivity contribution in [1.29, 1.82) is 0 Å². The van der Waals surface area contributed by atoms with Crippen LogP contribution in [0.2, 0.25) is 0 Å². The Hall–Kier alpha value is -3.81. The van der Waals surface area contributed by atoms with Crippen molar-refractivity contribution < 1.29 is 44.0 Å². The first-order valence-corrected chi connectivity index (χ1v) is 14.2. The molecule has 7 N–H and O–H groups in total. The smallest absolute Gasteiger partial charge is 0.255 e. The Morgan fingerprint density at radius 2 is 1.71 bits per heavy atom. The zero-order valence-corrected chi connectivity index (χ0v) is 22.9. The molecule has 12 nitrogen and oxygen atoms in total. The molecule has 5 aliphatic rings. The molecule has 1 aromatic carbocycles. The average molecular weight is 585 g/mol. The topological polar surface area (TPSA) is 194 Å². The fraction of sp³-hybridized carbons (Fsp3) is 0.517. The predicted octanol–water partition coefficient (Wildman–Crippen LogP) is 0.672. The third kappa shape index (κ3) is 4.13. The van der Waals surface area contributed by atoms with Crippen LogP contribution in [0, 0.1) is 17.7 Å². The molecule has 0 aromatic heterocycles. The van der Waals surface area contributed by atoms with Crippen LogP contribution in [0.15, 0.2) is 23.0 Å². The van der Waals surface area contributed by atoms with Gasteiger partial charge in [-0.2, -0.15) is 0 Å². The second-order valence-electron chi connectivity index (χ2n) is 11.9. The van der Waals surface area contributed by atoms with Gasteiger partial charge in [0.05, 0.1) is 23.8 Å². The van der Waals surface area contributed by atoms with E-state index in [0.717, 1.165) is 44.8 Å². The number of anilines is 1. The lowest BCUT2D eigenvalue weighted by atomic mass is 9.57. The molecule has 2 amide bonds. The summed E-state index contributed by atoms with van der Waals surface area (Å²) in [5.41, 5.74) is 0.608. The molecule has 0 bridgehead atoms. The average Bonchev–Trinajstić information content (AvgIpc) is 3.64. The number of primary amides is 1. The largest absolute Gasteiger partial charge is 0.508 e. The summed E-state index contributed by atoms with van der Waals surface area (Å²) in [6.45, 7) is 2.42. The van der Waals surface area contributed by atoms with E-state index >= 15 is 4.39 Å². The first-order valence-electron chi connectivity index (χ1n) is 14.2. The summed E-state index contributed by atoms with van der Waals surface area (Å²) < 4.78 is 15.5. The van der Waals surface area contributed by atoms with E-state index < -0.39 is 81.1 Å². The first kappa shape index (κ1) is 28.3. The van der Waals surface area contributed by atoms with E-state index in [2.05, 4.69) is 5.32 Å². The lowest BCUT2D eigenvalue weighted by Crippen LogP contribution is -2.66. The van der Waals surface area contributed by atoms with Gasteiger partial charge in [-0.05, 0) is 70.6 Å². The van der Waals surface area contributed by atoms with Crippen molar-refractivity contribution >= 4 is 34.8 Å². The number of hydrogen-bond acceptors (Lipinski definition) is 10. The first-order chi connectivity index (χ1) is 19.9. The molecule has 2 saturated heterocycles. The van der Waals surface area contributed by atoms with Gasteiger partial charge in [-0.15, -0.1) is 0 Å². The number of carbonyl (C=O) groups is 4. The second kappa shape index (κ2) is 10.2. The summed E-state index contributed by atoms with van der Waals surface area (Å²) in [5.74, 6) is -9.30. The van der Waals surface area contributed by atoms with Crippen LogP contribution in [-0.2, 0) is 25.6 Å². The maximum Gasteiger partial charge on any atom is 0.255 e. The number of nitrogens with zero attached hydrogens (tertiary/aromatic N) is 2. The summed E-state index contributed by atoms with van der Waals surface area (Å²) in [6, 6.07) is -0.184. The number of phenolic OH excluding ortho intramolecular Hbond substituents is 1. The lowest BCUT2D eigenvalue weighted by molar-refractivity contribution is -0.154. The van der Waals surface area contributed by atoms with Gasteiger partial charge in [-0.3, -0.25) is 29.0 Å². The molecule has 3 aliphatic carbocycles. The van der Waals surface area contributed by atoms with Gasteiger partial charge < -0.3 is 31.5 Å². The van der Waals surface area contributed by atoms with Crippen molar-refractivity contribution in [3.63, 3.8) is 0 Å². The molecule has 1 aromatic rings. The van der Waals surface area contributed by atoms with Gasteiger partial charge in [-0.25, -0.2) is 4.39 Å². The number of hydrogen-bond donors (Lipinski definition) is 6. The number of benzene rings is 1. The number of aliphatic hydroxyl groups is 3. The zero-order valence-electron chi connectivity index (χ0n) is 22.9. The molecular formula is C29H33FN4O8. The van der Waals surface area contributed by atoms with Gasteiger partial charge in [-0.1, -0.05) is 0 Å². The monoisotopic (exact) mass is 584 g/mol. The second-order valence-corrected chi connectivity index (χ2v) is 11.9. The summed E-state index contributed by atoms with van der Waals surface area (Å²) in [5, 5.41) is 47.8. The standard InChI is InChI=1S/C29H33FN4O8/c30-16-11-17(32-18(35)12-33-5-1-2-6-33)23(36)20-14(16)9-13-10-15-22(34-7-3-4-8-34)25(38)21(28(31)41)27(40)29(15,42)26(39)19(13)24(20)37/h11,13,15,22,36-37,40,42H,1-10,12H2,(H2,31,41)(H,32,35)/t13-,15-,22-,29-/m0/s1. The molecule has 6 rings (SSSR count). The van der Waals surface area contributed by atoms with E-state index in [0.29, 0.717) is 13.1 Å². The molecule has 2 heterocycles. The molecule has 0 radical (unpaired) electrons. The number of ketones is 2. The fourth-order valence-corrected chi connectivity index (χ4v) is 7.54. The normalized spacial score (nSPS) is 29.9. The highest BCUT2D eigenvalue weighted by Gasteiger charge is 2.64. The number of phenols is 1. The number of aliphatic hydroxyl groups excluding tert-OH is 2. The molecule has 4 atom stereocenters. The maximum atomic E-state index is 15.5. The molecule has 0 spiro atoms. The third-order valence-corrected chi connectivity index (χ3v) is 9.48. The van der Waals surface area contributed by atoms with Gasteiger partial charge in [0.1, 0.15) is 22.9 Å². The molecular weight excluding hydrogens is 551 g/mol. The Balaban J connectivity index is 1.43. The molecule has 1 saturated carbocycles. The Bertz CT molecular complexity index is 1480. The summed E-state index contributed by atoms with van der Waals surface area (Å²) in [7, 11) is 0. The lowest BCUT2D eigenvalue weighted by Gasteiger charge is -2.50. The minimum Gasteiger partial charge on any atom is -0.508 e. The fourth-order valence-electron chi connectivity index (χ4n) is 7.54. The number of halogens is 1. The molecule has 42 heavy (non-hydrogen) atoms. The van der Waals surface area contributed by atoms with Crippen LogP contribution in [0.3, 0.4) is 0 Å². The number of nitrogens with two attached hydrogens (primary N) is 1. The van der Waals surface area contributed by atoms with Crippen molar-refractivity contribution in [2.24, 2.45) is 17.6 Å². The number of likely N-dealkylation sites (tertiary alicyclic amines) is 2. The van der Waals surface area contributed by atoms with Gasteiger partial charge >= 0.3 is 0 Å². The molecule has 0 unspecified atom stereocenters. The van der Waals surface area contributed by atoms with Crippen LogP contribution in [0.5, 0.6) is 5.75 Å². The Kier molecular flexibility index (Phi) is 6.86. The highest BCUT2D eigenvalue weighted by atomic mass is 19.1. The summed E-state index contributed by atoms with van der Waals surface area (Å²) in [6.07, 6.45) is 3.12. The SMILES string of the molecule is NC(=O)C1=C(O)[C@@]2(O)C(=O)C3=C(O)c4c(O)c(NC(=O)CN5CCCC5)cc(F)c4C[C@H]3C[C@H]2[C@H](N2CCCC2)C1=O. The van der Waals surface area contributed by atoms with Gasteiger partial charge in [0.2, 0.25) is 11.7 Å². The van der Waals surface area contributed by atoms with Gasteiger partial charge in [0.15, 0.2) is 17.1 Å². The number of amides is 2. The van der Waals surface area contributed by atoms with E-state index in [1.54, 1.807) is 4.90 Å². The Labute approximate surface area is 240 Å². The molecule has 3 fully saturated rings. The van der Waals surface area contributed by atoms with E-state index in [4.69, 9.17) is 5.73 Å². The highest BCUT2D eigenvalue weighted by Crippen LogP contribution is 2.54. The van der Waals surface area contributed by atoms with E-state index in [9.17, 15) is 39.6 Å². The number of rotatable bonds is 5. The van der Waals surface area contributed by atoms with E-state index in [-0.39, 0.29) is 36.2 Å². The van der Waals surface area contributed by atoms with Crippen LogP contribution < -0.4 is 11.1 Å². The quantitative estimate of drug-likeness (QED) is 0.212. The van der Waals surface area contributed by atoms with Crippen LogP contribution in [0.25, 0.3) is 5.76 Å². The minimum absolute atomic E-state index is 0.0326. The van der Waals surface area contributed by atoms with Crippen molar-refractivity contribution in [1.82, 2.24) is 9.80 Å². The van der Waals surface area contributed by atoms with Gasteiger partial charge in [0.25, 0.3) is 5.91 Å². The summed E-state index contributed by atoms with van der Waals surface area (Å²) in [4.78, 5) is 56.0. The Morgan fingerprint density at radius 1 is 1.07 bits per heavy atom. The number of nitrogens with one attached hydrogen (secondary N) is 1. The Morgan fingerprint density at radius 3 is 2.36 bits per heavy atom. The van der Waals surface area contributed by atoms with Crippen molar-refractivity contribution in [2.45, 2.75) is 50.2 Å². The highest BCUT2D eigenvalue weighted by molar-refractivity contribution is 6.24. The zero-order chi connectivity index (χ0) is 30.1. The van der Waals surface area contributed by atoms with Crippen LogP contribution in [-0.4, -0.2) is 98.0 Å². The van der Waals surface area contributed by atoms with Crippen molar-refractivity contribution in [3.05, 3.63) is 39.9 Å². The minimum atomic E-state index is -2.77. The van der Waals surface area contributed by atoms with Gasteiger partial charge in [0, 0.05) is 23.1 Å². The van der Waals surface area contributed by atoms with E-state index in [1.165, 1.54) is 0 Å². The predicted molar refractivity (Wildman–Crippen MR) is 146 cm³/mol. The molecule has 13 heteroatoms. The molecule has 224 valence electrons.